The second-order valence-electron chi connectivity index (χ2n) is 4.42. The van der Waals surface area contributed by atoms with Crippen molar-refractivity contribution in [2.24, 2.45) is 5.73 Å². The predicted octanol–water partition coefficient (Wildman–Crippen LogP) is 2.13. The number of hydrogen-bond acceptors (Lipinski definition) is 3. The predicted molar refractivity (Wildman–Crippen MR) is 55.3 cm³/mol. The molecular weight excluding hydrogens is 233 g/mol. The smallest absolute Gasteiger partial charge is 0.325 e. The molecule has 0 amide bonds. The Kier molecular flexibility index (Phi) is 3.11. The van der Waals surface area contributed by atoms with E-state index in [1.54, 1.807) is 0 Å². The maximum Gasteiger partial charge on any atom is 0.410 e. The molecule has 2 N–H and O–H groups in total. The number of hydrogen-bond donors (Lipinski definition) is 1. The zero-order valence-electron chi connectivity index (χ0n) is 9.54. The third kappa shape index (κ3) is 2.15. The summed E-state index contributed by atoms with van der Waals surface area (Å²) in [4.78, 5) is 0. The van der Waals surface area contributed by atoms with Gasteiger partial charge in [-0.05, 0) is 19.8 Å². The van der Waals surface area contributed by atoms with Gasteiger partial charge >= 0.3 is 6.18 Å². The molecule has 17 heavy (non-hydrogen) atoms. The fraction of sp³-hybridized carbons (Fsp3) is 0.800. The van der Waals surface area contributed by atoms with E-state index in [0.717, 1.165) is 30.9 Å². The number of alkyl halides is 3. The highest BCUT2D eigenvalue weighted by molar-refractivity contribution is 5.18. The van der Waals surface area contributed by atoms with Gasteiger partial charge in [0.1, 0.15) is 6.04 Å². The molecule has 7 heteroatoms. The van der Waals surface area contributed by atoms with Gasteiger partial charge in [-0.1, -0.05) is 11.6 Å². The molecule has 1 aromatic rings. The average Bonchev–Trinajstić information content (AvgIpc) is 2.56. The molecule has 1 saturated carbocycles. The molecule has 1 aliphatic carbocycles. The molecule has 2 rings (SSSR count). The van der Waals surface area contributed by atoms with Gasteiger partial charge in [-0.15, -0.1) is 5.10 Å². The van der Waals surface area contributed by atoms with E-state index in [0.29, 0.717) is 11.4 Å². The van der Waals surface area contributed by atoms with Crippen LogP contribution in [-0.4, -0.2) is 21.2 Å². The van der Waals surface area contributed by atoms with Gasteiger partial charge in [0.05, 0.1) is 11.4 Å². The molecule has 96 valence electrons. The SMILES string of the molecule is CC(n1nnc(CN)c1C1CCC1)C(F)(F)F. The number of halogens is 3. The normalized spacial score (nSPS) is 19.1. The lowest BCUT2D eigenvalue weighted by Gasteiger charge is -2.28. The van der Waals surface area contributed by atoms with Gasteiger partial charge in [-0.2, -0.15) is 13.2 Å². The van der Waals surface area contributed by atoms with Crippen LogP contribution in [0.3, 0.4) is 0 Å². The minimum absolute atomic E-state index is 0.133. The van der Waals surface area contributed by atoms with Crippen LogP contribution in [0.15, 0.2) is 0 Å². The van der Waals surface area contributed by atoms with Crippen molar-refractivity contribution >= 4 is 0 Å². The van der Waals surface area contributed by atoms with Gasteiger partial charge in [-0.3, -0.25) is 0 Å². The van der Waals surface area contributed by atoms with Gasteiger partial charge < -0.3 is 5.73 Å². The van der Waals surface area contributed by atoms with E-state index in [9.17, 15) is 13.2 Å². The quantitative estimate of drug-likeness (QED) is 0.891. The molecule has 0 aromatic carbocycles. The fourth-order valence-electron chi connectivity index (χ4n) is 2.01. The lowest BCUT2D eigenvalue weighted by Crippen LogP contribution is -2.28. The summed E-state index contributed by atoms with van der Waals surface area (Å²) >= 11 is 0. The highest BCUT2D eigenvalue weighted by Gasteiger charge is 2.41. The maximum absolute atomic E-state index is 12.7. The fourth-order valence-corrected chi connectivity index (χ4v) is 2.01. The molecule has 1 unspecified atom stereocenters. The Bertz CT molecular complexity index is 395. The standard InChI is InChI=1S/C10H15F3N4/c1-6(10(11,12)13)17-9(7-3-2-4-7)8(5-14)15-16-17/h6-7H,2-5,14H2,1H3. The van der Waals surface area contributed by atoms with Crippen molar-refractivity contribution in [3.8, 4) is 0 Å². The molecule has 1 atom stereocenters. The molecule has 4 nitrogen and oxygen atoms in total. The van der Waals surface area contributed by atoms with Crippen molar-refractivity contribution in [3.63, 3.8) is 0 Å². The second kappa shape index (κ2) is 4.29. The molecule has 0 saturated heterocycles. The first-order valence-corrected chi connectivity index (χ1v) is 5.66. The summed E-state index contributed by atoms with van der Waals surface area (Å²) in [5.41, 5.74) is 6.56. The van der Waals surface area contributed by atoms with E-state index < -0.39 is 12.2 Å². The molecule has 0 spiro atoms. The Balaban J connectivity index is 2.36. The molecule has 1 fully saturated rings. The van der Waals surface area contributed by atoms with Gasteiger partial charge in [0.25, 0.3) is 0 Å². The van der Waals surface area contributed by atoms with Crippen LogP contribution in [0.5, 0.6) is 0 Å². The van der Waals surface area contributed by atoms with E-state index in [-0.39, 0.29) is 12.5 Å². The number of rotatable bonds is 3. The maximum atomic E-state index is 12.7. The van der Waals surface area contributed by atoms with Crippen molar-refractivity contribution in [1.29, 1.82) is 0 Å². The Morgan fingerprint density at radius 2 is 2.12 bits per heavy atom. The van der Waals surface area contributed by atoms with Crippen LogP contribution in [0.4, 0.5) is 13.2 Å². The first kappa shape index (κ1) is 12.3. The number of nitrogens with zero attached hydrogens (tertiary/aromatic N) is 3. The largest absolute Gasteiger partial charge is 0.410 e. The number of nitrogens with two attached hydrogens (primary N) is 1. The van der Waals surface area contributed by atoms with Crippen molar-refractivity contribution in [2.75, 3.05) is 0 Å². The minimum atomic E-state index is -4.31. The molecule has 1 heterocycles. The van der Waals surface area contributed by atoms with E-state index in [4.69, 9.17) is 5.73 Å². The van der Waals surface area contributed by atoms with Crippen LogP contribution >= 0.6 is 0 Å². The first-order valence-electron chi connectivity index (χ1n) is 5.66. The molecule has 0 radical (unpaired) electrons. The average molecular weight is 248 g/mol. The topological polar surface area (TPSA) is 56.7 Å². The Morgan fingerprint density at radius 1 is 1.47 bits per heavy atom. The van der Waals surface area contributed by atoms with Crippen molar-refractivity contribution in [2.45, 2.75) is 50.9 Å². The molecular formula is C10H15F3N4. The lowest BCUT2D eigenvalue weighted by molar-refractivity contribution is -0.166. The summed E-state index contributed by atoms with van der Waals surface area (Å²) in [5, 5.41) is 7.38. The monoisotopic (exact) mass is 248 g/mol. The second-order valence-corrected chi connectivity index (χ2v) is 4.42. The Morgan fingerprint density at radius 3 is 2.53 bits per heavy atom. The Labute approximate surface area is 97.0 Å². The van der Waals surface area contributed by atoms with E-state index in [1.165, 1.54) is 0 Å². The van der Waals surface area contributed by atoms with Gasteiger partial charge in [-0.25, -0.2) is 4.68 Å². The van der Waals surface area contributed by atoms with E-state index >= 15 is 0 Å². The van der Waals surface area contributed by atoms with Crippen LogP contribution in [0, 0.1) is 0 Å². The zero-order chi connectivity index (χ0) is 12.6. The van der Waals surface area contributed by atoms with Gasteiger partial charge in [0.2, 0.25) is 0 Å². The van der Waals surface area contributed by atoms with Gasteiger partial charge in [0, 0.05) is 12.5 Å². The van der Waals surface area contributed by atoms with Crippen LogP contribution in [0.2, 0.25) is 0 Å². The highest BCUT2D eigenvalue weighted by Crippen LogP contribution is 2.40. The van der Waals surface area contributed by atoms with Crippen molar-refractivity contribution < 1.29 is 13.2 Å². The third-order valence-electron chi connectivity index (χ3n) is 3.33. The van der Waals surface area contributed by atoms with Crippen molar-refractivity contribution in [1.82, 2.24) is 15.0 Å². The van der Waals surface area contributed by atoms with E-state index in [2.05, 4.69) is 10.3 Å². The van der Waals surface area contributed by atoms with Crippen LogP contribution in [-0.2, 0) is 6.54 Å². The molecule has 1 aromatic heterocycles. The molecule has 0 aliphatic heterocycles. The minimum Gasteiger partial charge on any atom is -0.325 e. The zero-order valence-corrected chi connectivity index (χ0v) is 9.54. The summed E-state index contributed by atoms with van der Waals surface area (Å²) in [7, 11) is 0. The van der Waals surface area contributed by atoms with Gasteiger partial charge in [0.15, 0.2) is 0 Å². The first-order chi connectivity index (χ1) is 7.95. The van der Waals surface area contributed by atoms with Crippen LogP contribution in [0.1, 0.15) is 49.5 Å². The highest BCUT2D eigenvalue weighted by atomic mass is 19.4. The van der Waals surface area contributed by atoms with Crippen LogP contribution in [0.25, 0.3) is 0 Å². The summed E-state index contributed by atoms with van der Waals surface area (Å²) in [5.74, 6) is 0.133. The molecule has 0 bridgehead atoms. The summed E-state index contributed by atoms with van der Waals surface area (Å²) < 4.78 is 39.1. The third-order valence-corrected chi connectivity index (χ3v) is 3.33. The molecule has 1 aliphatic rings. The van der Waals surface area contributed by atoms with Crippen LogP contribution < -0.4 is 5.73 Å². The lowest BCUT2D eigenvalue weighted by atomic mass is 9.82. The van der Waals surface area contributed by atoms with Crippen molar-refractivity contribution in [3.05, 3.63) is 11.4 Å². The summed E-state index contributed by atoms with van der Waals surface area (Å²) in [6.07, 6.45) is -1.48. The number of aromatic nitrogens is 3. The summed E-state index contributed by atoms with van der Waals surface area (Å²) in [6.45, 7) is 1.23. The van der Waals surface area contributed by atoms with E-state index in [1.807, 2.05) is 0 Å². The Hall–Kier alpha value is -1.11. The summed E-state index contributed by atoms with van der Waals surface area (Å²) in [6, 6.07) is -1.65.